The Bertz CT molecular complexity index is 337. The van der Waals surface area contributed by atoms with Gasteiger partial charge in [0.15, 0.2) is 0 Å². The van der Waals surface area contributed by atoms with E-state index in [-0.39, 0.29) is 42.9 Å². The third-order valence-electron chi connectivity index (χ3n) is 4.76. The van der Waals surface area contributed by atoms with E-state index in [1.165, 1.54) is 77.0 Å². The zero-order valence-electron chi connectivity index (χ0n) is 20.3. The fourth-order valence-electron chi connectivity index (χ4n) is 2.93. The summed E-state index contributed by atoms with van der Waals surface area (Å²) in [6.45, 7) is 5.55. The molecule has 0 saturated carbocycles. The maximum absolute atomic E-state index is 10.7. The van der Waals surface area contributed by atoms with Gasteiger partial charge in [0, 0.05) is 0 Å². The maximum Gasteiger partial charge on any atom is 2.00 e. The molecular formula is C24H46O4S2Zn. The van der Waals surface area contributed by atoms with E-state index in [9.17, 15) is 9.59 Å². The van der Waals surface area contributed by atoms with Gasteiger partial charge in [0.1, 0.15) is 0 Å². The van der Waals surface area contributed by atoms with Crippen LogP contribution < -0.4 is 0 Å². The predicted octanol–water partition coefficient (Wildman–Crippen LogP) is 6.43. The average Bonchev–Trinajstić information content (AvgIpc) is 2.76. The molecule has 0 aliphatic rings. The minimum absolute atomic E-state index is 0. The Labute approximate surface area is 216 Å². The molecule has 0 bridgehead atoms. The smallest absolute Gasteiger partial charge is 0.782 e. The van der Waals surface area contributed by atoms with Crippen LogP contribution in [0.5, 0.6) is 0 Å². The van der Waals surface area contributed by atoms with Crippen LogP contribution in [0.25, 0.3) is 0 Å². The first kappa shape index (κ1) is 35.8. The third kappa shape index (κ3) is 35.0. The zero-order chi connectivity index (χ0) is 22.7. The van der Waals surface area contributed by atoms with Gasteiger partial charge in [0.05, 0.1) is 13.2 Å². The Morgan fingerprint density at radius 1 is 0.516 bits per heavy atom. The van der Waals surface area contributed by atoms with E-state index in [1.54, 1.807) is 0 Å². The van der Waals surface area contributed by atoms with Crippen molar-refractivity contribution in [3.8, 4) is 0 Å². The summed E-state index contributed by atoms with van der Waals surface area (Å²) in [5.41, 5.74) is 0. The number of esters is 2. The topological polar surface area (TPSA) is 52.6 Å². The normalized spacial score (nSPS) is 9.94. The second-order valence-electron chi connectivity index (χ2n) is 7.68. The van der Waals surface area contributed by atoms with Gasteiger partial charge in [-0.1, -0.05) is 115 Å². The first-order valence-electron chi connectivity index (χ1n) is 12.1. The summed E-state index contributed by atoms with van der Waals surface area (Å²) in [6, 6.07) is 0. The zero-order valence-corrected chi connectivity index (χ0v) is 24.9. The van der Waals surface area contributed by atoms with Gasteiger partial charge in [0.2, 0.25) is 0 Å². The Kier molecular flexibility index (Phi) is 37.5. The average molecular weight is 528 g/mol. The van der Waals surface area contributed by atoms with E-state index >= 15 is 0 Å². The Hall–Kier alpha value is 0.263. The third-order valence-corrected chi connectivity index (χ3v) is 5.23. The number of hydrogen-bond acceptors (Lipinski definition) is 6. The molecule has 0 aromatic carbocycles. The SMILES string of the molecule is CCCCCCCCCCOC(=O)C[S-].CCCCCCCCCCOC(=O)C[S-].[Zn+2]. The van der Waals surface area contributed by atoms with Gasteiger partial charge in [-0.15, -0.1) is 0 Å². The summed E-state index contributed by atoms with van der Waals surface area (Å²) >= 11 is 9.12. The molecule has 4 nitrogen and oxygen atoms in total. The number of ether oxygens (including phenoxy) is 2. The first-order valence-corrected chi connectivity index (χ1v) is 13.2. The van der Waals surface area contributed by atoms with Crippen LogP contribution in [0.2, 0.25) is 0 Å². The van der Waals surface area contributed by atoms with Gasteiger partial charge in [0.25, 0.3) is 11.9 Å². The standard InChI is InChI=1S/2C12H24O2S.Zn/c2*1-2-3-4-5-6-7-8-9-10-14-12(13)11-15;/h2*15H,2-11H2,1H3;/q;;+2/p-2. The van der Waals surface area contributed by atoms with Crippen LogP contribution in [0, 0.1) is 0 Å². The summed E-state index contributed by atoms with van der Waals surface area (Å²) < 4.78 is 9.79. The van der Waals surface area contributed by atoms with Crippen molar-refractivity contribution in [2.75, 3.05) is 24.7 Å². The molecule has 0 aliphatic carbocycles. The van der Waals surface area contributed by atoms with Gasteiger partial charge in [-0.25, -0.2) is 0 Å². The Morgan fingerprint density at radius 3 is 1.03 bits per heavy atom. The van der Waals surface area contributed by atoms with Crippen LogP contribution >= 0.6 is 0 Å². The molecule has 0 spiro atoms. The molecule has 0 fully saturated rings. The second-order valence-corrected chi connectivity index (χ2v) is 8.26. The van der Waals surface area contributed by atoms with Gasteiger partial charge in [-0.2, -0.15) is 0 Å². The molecule has 180 valence electrons. The molecule has 0 aromatic rings. The van der Waals surface area contributed by atoms with Crippen molar-refractivity contribution >= 4 is 37.2 Å². The van der Waals surface area contributed by atoms with Crippen molar-refractivity contribution < 1.29 is 38.5 Å². The van der Waals surface area contributed by atoms with Crippen molar-refractivity contribution in [3.05, 3.63) is 0 Å². The fourth-order valence-corrected chi connectivity index (χ4v) is 3.09. The van der Waals surface area contributed by atoms with Crippen molar-refractivity contribution in [1.82, 2.24) is 0 Å². The summed E-state index contributed by atoms with van der Waals surface area (Å²) in [6.07, 6.45) is 20.2. The summed E-state index contributed by atoms with van der Waals surface area (Å²) in [4.78, 5) is 21.4. The minimum atomic E-state index is -0.257. The predicted molar refractivity (Wildman–Crippen MR) is 132 cm³/mol. The van der Waals surface area contributed by atoms with Crippen LogP contribution in [0.4, 0.5) is 0 Å². The molecule has 0 saturated heterocycles. The summed E-state index contributed by atoms with van der Waals surface area (Å²) in [5, 5.41) is 0. The van der Waals surface area contributed by atoms with E-state index in [0.717, 1.165) is 25.7 Å². The number of rotatable bonds is 20. The molecule has 0 amide bonds. The van der Waals surface area contributed by atoms with E-state index < -0.39 is 0 Å². The number of carbonyl (C=O) groups is 2. The van der Waals surface area contributed by atoms with Gasteiger partial charge in [-0.3, -0.25) is 9.59 Å². The van der Waals surface area contributed by atoms with Crippen LogP contribution in [0.1, 0.15) is 117 Å². The van der Waals surface area contributed by atoms with Crippen molar-refractivity contribution in [1.29, 1.82) is 0 Å². The second kappa shape index (κ2) is 32.4. The maximum atomic E-state index is 10.7. The number of unbranched alkanes of at least 4 members (excludes halogenated alkanes) is 14. The molecule has 0 rings (SSSR count). The molecule has 0 unspecified atom stereocenters. The van der Waals surface area contributed by atoms with Crippen molar-refractivity contribution in [2.45, 2.75) is 117 Å². The van der Waals surface area contributed by atoms with E-state index in [4.69, 9.17) is 9.47 Å². The molecule has 31 heavy (non-hydrogen) atoms. The van der Waals surface area contributed by atoms with E-state index in [2.05, 4.69) is 39.1 Å². The summed E-state index contributed by atoms with van der Waals surface area (Å²) in [5.74, 6) is -0.352. The van der Waals surface area contributed by atoms with Crippen LogP contribution in [-0.2, 0) is 63.8 Å². The fraction of sp³-hybridized carbons (Fsp3) is 0.917. The van der Waals surface area contributed by atoms with Crippen LogP contribution in [-0.4, -0.2) is 36.7 Å². The Balaban J connectivity index is -0.000000490. The quantitative estimate of drug-likeness (QED) is 0.0786. The molecule has 0 atom stereocenters. The van der Waals surface area contributed by atoms with Crippen molar-refractivity contribution in [3.63, 3.8) is 0 Å². The molecule has 0 aliphatic heterocycles. The summed E-state index contributed by atoms with van der Waals surface area (Å²) in [7, 11) is 0. The Morgan fingerprint density at radius 2 is 0.774 bits per heavy atom. The molecule has 0 aromatic heterocycles. The van der Waals surface area contributed by atoms with E-state index in [1.807, 2.05) is 0 Å². The van der Waals surface area contributed by atoms with Gasteiger partial charge in [-0.05, 0) is 12.8 Å². The number of carbonyl (C=O) groups excluding carboxylic acids is 2. The monoisotopic (exact) mass is 526 g/mol. The molecule has 0 heterocycles. The molecule has 0 N–H and O–H groups in total. The van der Waals surface area contributed by atoms with Crippen LogP contribution in [0.3, 0.4) is 0 Å². The molecular weight excluding hydrogens is 482 g/mol. The minimum Gasteiger partial charge on any atom is -0.782 e. The molecule has 7 heteroatoms. The number of hydrogen-bond donors (Lipinski definition) is 0. The van der Waals surface area contributed by atoms with Crippen LogP contribution in [0.15, 0.2) is 0 Å². The first-order chi connectivity index (χ1) is 14.6. The van der Waals surface area contributed by atoms with Gasteiger partial charge >= 0.3 is 19.5 Å². The van der Waals surface area contributed by atoms with Crippen molar-refractivity contribution in [2.24, 2.45) is 0 Å². The van der Waals surface area contributed by atoms with Gasteiger partial charge < -0.3 is 34.7 Å². The largest absolute Gasteiger partial charge is 2.00 e. The molecule has 0 radical (unpaired) electrons. The van der Waals surface area contributed by atoms with E-state index in [0.29, 0.717) is 13.2 Å².